The molecule has 0 saturated heterocycles. The summed E-state index contributed by atoms with van der Waals surface area (Å²) in [5.74, 6) is -0.476. The standard InChI is InChI=1S/C14H19NO3/c1-8(2)13(14(17)18)15-11-7-6-10-9(11)4-3-5-12(10)16/h3-5,8,11,13,15-16H,6-7H2,1-2H3,(H,17,18). The van der Waals surface area contributed by atoms with E-state index in [0.717, 1.165) is 24.0 Å². The van der Waals surface area contributed by atoms with Crippen molar-refractivity contribution >= 4 is 5.97 Å². The van der Waals surface area contributed by atoms with Gasteiger partial charge in [-0.05, 0) is 36.0 Å². The quantitative estimate of drug-likeness (QED) is 0.764. The summed E-state index contributed by atoms with van der Waals surface area (Å²) in [6, 6.07) is 4.91. The molecule has 18 heavy (non-hydrogen) atoms. The van der Waals surface area contributed by atoms with Crippen LogP contribution in [0.25, 0.3) is 0 Å². The lowest BCUT2D eigenvalue weighted by atomic mass is 10.0. The molecule has 0 radical (unpaired) electrons. The lowest BCUT2D eigenvalue weighted by Gasteiger charge is -2.23. The monoisotopic (exact) mass is 249 g/mol. The molecule has 2 unspecified atom stereocenters. The highest BCUT2D eigenvalue weighted by atomic mass is 16.4. The zero-order valence-corrected chi connectivity index (χ0v) is 10.7. The van der Waals surface area contributed by atoms with Crippen molar-refractivity contribution in [1.29, 1.82) is 0 Å². The molecule has 0 amide bonds. The number of aliphatic carboxylic acids is 1. The van der Waals surface area contributed by atoms with E-state index in [2.05, 4.69) is 5.32 Å². The summed E-state index contributed by atoms with van der Waals surface area (Å²) in [6.45, 7) is 3.79. The summed E-state index contributed by atoms with van der Waals surface area (Å²) in [5, 5.41) is 22.1. The Morgan fingerprint density at radius 2 is 2.17 bits per heavy atom. The molecule has 1 aliphatic rings. The molecule has 4 nitrogen and oxygen atoms in total. The Morgan fingerprint density at radius 1 is 1.44 bits per heavy atom. The zero-order valence-electron chi connectivity index (χ0n) is 10.7. The molecule has 4 heteroatoms. The zero-order chi connectivity index (χ0) is 13.3. The first-order valence-corrected chi connectivity index (χ1v) is 6.30. The van der Waals surface area contributed by atoms with Crippen LogP contribution >= 0.6 is 0 Å². The molecule has 0 heterocycles. The van der Waals surface area contributed by atoms with Crippen LogP contribution in [0.15, 0.2) is 18.2 Å². The summed E-state index contributed by atoms with van der Waals surface area (Å²) >= 11 is 0. The number of carboxylic acids is 1. The Kier molecular flexibility index (Phi) is 3.57. The highest BCUT2D eigenvalue weighted by Gasteiger charge is 2.30. The molecule has 3 N–H and O–H groups in total. The number of benzene rings is 1. The number of phenols is 1. The van der Waals surface area contributed by atoms with Gasteiger partial charge >= 0.3 is 5.97 Å². The number of nitrogens with one attached hydrogen (secondary N) is 1. The minimum absolute atomic E-state index is 0.0237. The third kappa shape index (κ3) is 2.34. The van der Waals surface area contributed by atoms with Crippen LogP contribution in [0.2, 0.25) is 0 Å². The lowest BCUT2D eigenvalue weighted by molar-refractivity contribution is -0.140. The summed E-state index contributed by atoms with van der Waals surface area (Å²) in [6.07, 6.45) is 1.63. The van der Waals surface area contributed by atoms with Crippen LogP contribution in [0.1, 0.15) is 37.4 Å². The maximum Gasteiger partial charge on any atom is 0.320 e. The maximum absolute atomic E-state index is 11.2. The van der Waals surface area contributed by atoms with E-state index >= 15 is 0 Å². The van der Waals surface area contributed by atoms with Crippen molar-refractivity contribution in [3.8, 4) is 5.75 Å². The molecule has 0 fully saturated rings. The Hall–Kier alpha value is -1.55. The second-order valence-electron chi connectivity index (χ2n) is 5.16. The summed E-state index contributed by atoms with van der Waals surface area (Å²) in [5.41, 5.74) is 1.98. The predicted octanol–water partition coefficient (Wildman–Crippen LogP) is 2.08. The molecule has 1 aliphatic carbocycles. The van der Waals surface area contributed by atoms with E-state index in [-0.39, 0.29) is 12.0 Å². The second kappa shape index (κ2) is 4.98. The fraction of sp³-hybridized carbons (Fsp3) is 0.500. The molecule has 0 aromatic heterocycles. The van der Waals surface area contributed by atoms with Crippen molar-refractivity contribution in [2.24, 2.45) is 5.92 Å². The van der Waals surface area contributed by atoms with Gasteiger partial charge in [-0.3, -0.25) is 10.1 Å². The minimum Gasteiger partial charge on any atom is -0.508 e. The predicted molar refractivity (Wildman–Crippen MR) is 68.6 cm³/mol. The first-order chi connectivity index (χ1) is 8.50. The molecule has 0 bridgehead atoms. The van der Waals surface area contributed by atoms with Gasteiger partial charge in [0.1, 0.15) is 11.8 Å². The van der Waals surface area contributed by atoms with E-state index in [4.69, 9.17) is 0 Å². The van der Waals surface area contributed by atoms with Crippen LogP contribution in [0.5, 0.6) is 5.75 Å². The van der Waals surface area contributed by atoms with Gasteiger partial charge in [-0.25, -0.2) is 0 Å². The number of phenolic OH excluding ortho intramolecular Hbond substituents is 1. The van der Waals surface area contributed by atoms with Gasteiger partial charge in [0.05, 0.1) is 0 Å². The Bertz CT molecular complexity index is 456. The van der Waals surface area contributed by atoms with Crippen molar-refractivity contribution in [1.82, 2.24) is 5.32 Å². The third-order valence-corrected chi connectivity index (χ3v) is 3.56. The second-order valence-corrected chi connectivity index (χ2v) is 5.16. The van der Waals surface area contributed by atoms with Crippen LogP contribution in [0, 0.1) is 5.92 Å². The van der Waals surface area contributed by atoms with Gasteiger partial charge in [0, 0.05) is 6.04 Å². The van der Waals surface area contributed by atoms with Crippen LogP contribution in [0.3, 0.4) is 0 Å². The van der Waals surface area contributed by atoms with E-state index < -0.39 is 12.0 Å². The number of carbonyl (C=O) groups is 1. The Balaban J connectivity index is 2.19. The van der Waals surface area contributed by atoms with Gasteiger partial charge in [-0.2, -0.15) is 0 Å². The average Bonchev–Trinajstić information content (AvgIpc) is 2.69. The van der Waals surface area contributed by atoms with Gasteiger partial charge in [0.15, 0.2) is 0 Å². The molecule has 0 spiro atoms. The molecular weight excluding hydrogens is 230 g/mol. The van der Waals surface area contributed by atoms with E-state index in [9.17, 15) is 15.0 Å². The minimum atomic E-state index is -0.821. The van der Waals surface area contributed by atoms with Crippen molar-refractivity contribution in [2.45, 2.75) is 38.8 Å². The number of rotatable bonds is 4. The maximum atomic E-state index is 11.2. The highest BCUT2D eigenvalue weighted by molar-refractivity contribution is 5.73. The fourth-order valence-corrected chi connectivity index (χ4v) is 2.57. The Labute approximate surface area is 107 Å². The molecule has 1 aromatic carbocycles. The summed E-state index contributed by atoms with van der Waals surface area (Å²) in [4.78, 5) is 11.2. The van der Waals surface area contributed by atoms with Crippen LogP contribution in [-0.4, -0.2) is 22.2 Å². The highest BCUT2D eigenvalue weighted by Crippen LogP contribution is 2.36. The van der Waals surface area contributed by atoms with E-state index in [1.54, 1.807) is 12.1 Å². The van der Waals surface area contributed by atoms with E-state index in [0.29, 0.717) is 5.75 Å². The molecule has 0 aliphatic heterocycles. The normalized spacial score (nSPS) is 19.8. The summed E-state index contributed by atoms with van der Waals surface area (Å²) < 4.78 is 0. The number of aromatic hydroxyl groups is 1. The van der Waals surface area contributed by atoms with Crippen molar-refractivity contribution in [3.05, 3.63) is 29.3 Å². The smallest absolute Gasteiger partial charge is 0.320 e. The molecular formula is C14H19NO3. The average molecular weight is 249 g/mol. The first-order valence-electron chi connectivity index (χ1n) is 6.30. The van der Waals surface area contributed by atoms with Crippen LogP contribution in [0.4, 0.5) is 0 Å². The van der Waals surface area contributed by atoms with Gasteiger partial charge in [-0.15, -0.1) is 0 Å². The number of fused-ring (bicyclic) bond motifs is 1. The molecule has 0 saturated carbocycles. The van der Waals surface area contributed by atoms with Gasteiger partial charge < -0.3 is 10.2 Å². The van der Waals surface area contributed by atoms with Crippen molar-refractivity contribution in [2.75, 3.05) is 0 Å². The Morgan fingerprint density at radius 3 is 2.78 bits per heavy atom. The van der Waals surface area contributed by atoms with Crippen molar-refractivity contribution in [3.63, 3.8) is 0 Å². The van der Waals surface area contributed by atoms with Crippen LogP contribution in [-0.2, 0) is 11.2 Å². The third-order valence-electron chi connectivity index (χ3n) is 3.56. The number of carboxylic acid groups (broad SMARTS) is 1. The summed E-state index contributed by atoms with van der Waals surface area (Å²) in [7, 11) is 0. The first kappa shape index (κ1) is 12.9. The SMILES string of the molecule is CC(C)C(NC1CCc2c(O)cccc21)C(=O)O. The molecule has 1 aromatic rings. The van der Waals surface area contributed by atoms with Crippen LogP contribution < -0.4 is 5.32 Å². The molecule has 2 atom stereocenters. The topological polar surface area (TPSA) is 69.6 Å². The van der Waals surface area contributed by atoms with Gasteiger partial charge in [0.2, 0.25) is 0 Å². The number of hydrogen-bond acceptors (Lipinski definition) is 3. The van der Waals surface area contributed by atoms with E-state index in [1.165, 1.54) is 0 Å². The largest absolute Gasteiger partial charge is 0.508 e. The van der Waals surface area contributed by atoms with Crippen molar-refractivity contribution < 1.29 is 15.0 Å². The number of hydrogen-bond donors (Lipinski definition) is 3. The van der Waals surface area contributed by atoms with Gasteiger partial charge in [0.25, 0.3) is 0 Å². The van der Waals surface area contributed by atoms with Gasteiger partial charge in [-0.1, -0.05) is 26.0 Å². The molecule has 98 valence electrons. The molecule has 2 rings (SSSR count). The lowest BCUT2D eigenvalue weighted by Crippen LogP contribution is -2.42. The van der Waals surface area contributed by atoms with E-state index in [1.807, 2.05) is 19.9 Å². The fourth-order valence-electron chi connectivity index (χ4n) is 2.57.